The summed E-state index contributed by atoms with van der Waals surface area (Å²) in [5.41, 5.74) is -3.98. The first kappa shape index (κ1) is 28.5. The van der Waals surface area contributed by atoms with Gasteiger partial charge in [0.15, 0.2) is 11.3 Å². The lowest BCUT2D eigenvalue weighted by molar-refractivity contribution is -0.143. The molecule has 2 aliphatic rings. The van der Waals surface area contributed by atoms with Crippen LogP contribution in [-0.4, -0.2) is 86.7 Å². The molecule has 0 aliphatic carbocycles. The first-order valence-electron chi connectivity index (χ1n) is 11.8. The molecule has 39 heavy (non-hydrogen) atoms. The number of ether oxygens (including phenoxy) is 2. The van der Waals surface area contributed by atoms with E-state index in [0.717, 1.165) is 6.20 Å². The molecular weight excluding hydrogens is 542 g/mol. The highest BCUT2D eigenvalue weighted by atomic mass is 19.4. The van der Waals surface area contributed by atoms with Crippen LogP contribution in [0.15, 0.2) is 23.4 Å². The number of β-amino-alcohol motifs (C(OH)–C–C–N with tert-alkyl or cyclic N) is 1. The van der Waals surface area contributed by atoms with Crippen molar-refractivity contribution >= 4 is 11.9 Å². The van der Waals surface area contributed by atoms with Gasteiger partial charge in [-0.05, 0) is 13.3 Å². The van der Waals surface area contributed by atoms with Gasteiger partial charge in [-0.1, -0.05) is 0 Å². The fraction of sp³-hybridized carbons (Fsp3) is 0.591. The second-order valence-corrected chi connectivity index (χ2v) is 9.15. The van der Waals surface area contributed by atoms with Gasteiger partial charge in [0, 0.05) is 38.4 Å². The van der Waals surface area contributed by atoms with Crippen LogP contribution in [0.1, 0.15) is 30.9 Å². The number of nitrogens with one attached hydrogen (secondary N) is 1. The van der Waals surface area contributed by atoms with Gasteiger partial charge in [-0.3, -0.25) is 9.59 Å². The molecule has 4 heterocycles. The molecule has 4 rings (SSSR count). The summed E-state index contributed by atoms with van der Waals surface area (Å²) in [5.74, 6) is -1.17. The highest BCUT2D eigenvalue weighted by Crippen LogP contribution is 2.33. The molecule has 2 N–H and O–H groups in total. The molecule has 2 fully saturated rings. The molecule has 2 aromatic rings. The molecule has 1 amide bonds. The molecule has 4 atom stereocenters. The molecule has 0 aromatic carbocycles. The Morgan fingerprint density at radius 2 is 1.77 bits per heavy atom. The summed E-state index contributed by atoms with van der Waals surface area (Å²) in [7, 11) is 0. The van der Waals surface area contributed by atoms with Gasteiger partial charge in [0.25, 0.3) is 11.5 Å². The minimum Gasteiger partial charge on any atom is -0.486 e. The van der Waals surface area contributed by atoms with Crippen molar-refractivity contribution in [3.63, 3.8) is 0 Å². The Labute approximate surface area is 216 Å². The van der Waals surface area contributed by atoms with Crippen LogP contribution in [0.25, 0.3) is 0 Å². The molecule has 17 heteroatoms. The zero-order valence-corrected chi connectivity index (χ0v) is 20.4. The number of carbonyl (C=O) groups excluding carboxylic acids is 1. The Balaban J connectivity index is 1.30. The van der Waals surface area contributed by atoms with E-state index in [1.54, 1.807) is 5.10 Å². The number of alkyl halides is 6. The molecule has 214 valence electrons. The smallest absolute Gasteiger partial charge is 0.425 e. The van der Waals surface area contributed by atoms with Crippen LogP contribution in [0.4, 0.5) is 32.3 Å². The van der Waals surface area contributed by atoms with Crippen molar-refractivity contribution in [2.24, 2.45) is 0 Å². The van der Waals surface area contributed by atoms with Crippen molar-refractivity contribution in [3.8, 4) is 5.75 Å². The van der Waals surface area contributed by atoms with Gasteiger partial charge >= 0.3 is 12.4 Å². The number of aromatic nitrogens is 4. The second kappa shape index (κ2) is 11.0. The topological polar surface area (TPSA) is 134 Å². The van der Waals surface area contributed by atoms with Gasteiger partial charge in [-0.2, -0.15) is 31.4 Å². The highest BCUT2D eigenvalue weighted by Gasteiger charge is 2.42. The number of aromatic amines is 1. The third-order valence-corrected chi connectivity index (χ3v) is 6.35. The summed E-state index contributed by atoms with van der Waals surface area (Å²) < 4.78 is 88.6. The van der Waals surface area contributed by atoms with Crippen molar-refractivity contribution in [2.45, 2.75) is 56.5 Å². The maximum atomic E-state index is 13.2. The molecule has 2 unspecified atom stereocenters. The molecule has 0 radical (unpaired) electrons. The fourth-order valence-electron chi connectivity index (χ4n) is 4.50. The van der Waals surface area contributed by atoms with Gasteiger partial charge in [-0.15, -0.1) is 0 Å². The van der Waals surface area contributed by atoms with Crippen molar-refractivity contribution in [3.05, 3.63) is 40.1 Å². The van der Waals surface area contributed by atoms with E-state index in [0.29, 0.717) is 18.8 Å². The van der Waals surface area contributed by atoms with Gasteiger partial charge in [0.05, 0.1) is 30.5 Å². The Morgan fingerprint density at radius 1 is 1.08 bits per heavy atom. The number of anilines is 1. The number of halogens is 6. The number of rotatable bonds is 7. The Bertz CT molecular complexity index is 1220. The van der Waals surface area contributed by atoms with Crippen LogP contribution in [0, 0.1) is 0 Å². The number of aliphatic hydroxyl groups excluding tert-OH is 1. The lowest BCUT2D eigenvalue weighted by Crippen LogP contribution is -2.55. The fourth-order valence-corrected chi connectivity index (χ4v) is 4.50. The first-order valence-corrected chi connectivity index (χ1v) is 11.8. The number of aliphatic hydroxyl groups is 1. The van der Waals surface area contributed by atoms with Gasteiger partial charge in [0.1, 0.15) is 12.2 Å². The molecule has 0 saturated carbocycles. The number of hydrogen-bond acceptors (Lipinski definition) is 9. The zero-order chi connectivity index (χ0) is 28.5. The lowest BCUT2D eigenvalue weighted by atomic mass is 10.0. The molecule has 2 aliphatic heterocycles. The van der Waals surface area contributed by atoms with E-state index in [1.165, 1.54) is 16.7 Å². The lowest BCUT2D eigenvalue weighted by Gasteiger charge is -2.40. The molecule has 2 saturated heterocycles. The number of H-pyrrole nitrogens is 1. The predicted octanol–water partition coefficient (Wildman–Crippen LogP) is 1.62. The predicted molar refractivity (Wildman–Crippen MR) is 120 cm³/mol. The number of carbonyl (C=O) groups is 1. The van der Waals surface area contributed by atoms with E-state index in [4.69, 9.17) is 9.47 Å². The summed E-state index contributed by atoms with van der Waals surface area (Å²) in [5, 5.41) is 15.7. The van der Waals surface area contributed by atoms with E-state index in [2.05, 4.69) is 15.1 Å². The van der Waals surface area contributed by atoms with Crippen molar-refractivity contribution < 1.29 is 45.7 Å². The number of likely N-dealkylation sites (tertiary alicyclic amines) is 1. The minimum atomic E-state index is -4.97. The molecule has 0 spiro atoms. The summed E-state index contributed by atoms with van der Waals surface area (Å²) >= 11 is 0. The van der Waals surface area contributed by atoms with Crippen LogP contribution in [0.2, 0.25) is 0 Å². The van der Waals surface area contributed by atoms with Gasteiger partial charge in [0.2, 0.25) is 5.95 Å². The van der Waals surface area contributed by atoms with Crippen LogP contribution >= 0.6 is 0 Å². The molecular formula is C22H24F6N6O5. The van der Waals surface area contributed by atoms with Crippen molar-refractivity contribution in [1.29, 1.82) is 0 Å². The quantitative estimate of drug-likeness (QED) is 0.480. The molecule has 2 aromatic heterocycles. The summed E-state index contributed by atoms with van der Waals surface area (Å²) in [6, 6.07) is -0.582. The Hall–Kier alpha value is -3.47. The maximum Gasteiger partial charge on any atom is 0.425 e. The SMILES string of the molecule is C[C@@H](CO[C@H]1CCN(C2CCN(c3ncc(C(F)(F)F)cn3)CC2O)C1=O)Oc1cn[nH]c(=O)c1C(F)(F)F. The number of hydrogen-bond donors (Lipinski definition) is 2. The Kier molecular flexibility index (Phi) is 8.02. The number of amides is 1. The van der Waals surface area contributed by atoms with E-state index >= 15 is 0 Å². The normalized spacial score (nSPS) is 23.3. The average molecular weight is 566 g/mol. The molecule has 11 nitrogen and oxygen atoms in total. The van der Waals surface area contributed by atoms with E-state index < -0.39 is 65.0 Å². The highest BCUT2D eigenvalue weighted by molar-refractivity contribution is 5.83. The number of nitrogens with zero attached hydrogens (tertiary/aromatic N) is 5. The third kappa shape index (κ3) is 6.41. The molecule has 0 bridgehead atoms. The van der Waals surface area contributed by atoms with Crippen LogP contribution in [0.5, 0.6) is 5.75 Å². The minimum absolute atomic E-state index is 0.0119. The van der Waals surface area contributed by atoms with Gasteiger partial charge in [-0.25, -0.2) is 15.1 Å². The van der Waals surface area contributed by atoms with Crippen molar-refractivity contribution in [2.75, 3.05) is 31.1 Å². The number of piperidine rings is 1. The average Bonchev–Trinajstić information content (AvgIpc) is 3.21. The van der Waals surface area contributed by atoms with E-state index in [-0.39, 0.29) is 38.6 Å². The third-order valence-electron chi connectivity index (χ3n) is 6.35. The van der Waals surface area contributed by atoms with Gasteiger partial charge < -0.3 is 24.4 Å². The monoisotopic (exact) mass is 566 g/mol. The second-order valence-electron chi connectivity index (χ2n) is 9.15. The summed E-state index contributed by atoms with van der Waals surface area (Å²) in [6.45, 7) is 1.66. The van der Waals surface area contributed by atoms with Crippen LogP contribution < -0.4 is 15.2 Å². The summed E-state index contributed by atoms with van der Waals surface area (Å²) in [4.78, 5) is 34.9. The largest absolute Gasteiger partial charge is 0.486 e. The summed E-state index contributed by atoms with van der Waals surface area (Å²) in [6.07, 6.45) is -9.86. The van der Waals surface area contributed by atoms with Crippen molar-refractivity contribution in [1.82, 2.24) is 25.1 Å². The van der Waals surface area contributed by atoms with Crippen LogP contribution in [0.3, 0.4) is 0 Å². The first-order chi connectivity index (χ1) is 18.3. The van der Waals surface area contributed by atoms with Crippen LogP contribution in [-0.2, 0) is 21.9 Å². The van der Waals surface area contributed by atoms with E-state index in [9.17, 15) is 41.0 Å². The zero-order valence-electron chi connectivity index (χ0n) is 20.4. The maximum absolute atomic E-state index is 13.2. The van der Waals surface area contributed by atoms with E-state index in [1.807, 2.05) is 0 Å². The Morgan fingerprint density at radius 3 is 2.38 bits per heavy atom. The standard InChI is InChI=1S/C22H24F6N6O5/c1-11(39-16-8-31-32-18(36)17(16)22(26,27)28)10-38-15-3-5-34(19(15)37)13-2-4-33(9-14(13)35)20-29-6-12(7-30-20)21(23,24)25/h6-8,11,13-15,35H,2-5,9-10H2,1H3,(H,32,36)/t11-,13?,14?,15-/m0/s1.